The number of hydrogen-bond acceptors (Lipinski definition) is 4. The number of rotatable bonds is 5. The largest absolute Gasteiger partial charge is 0.370 e. The van der Waals surface area contributed by atoms with Gasteiger partial charge in [-0.25, -0.2) is 9.97 Å². The summed E-state index contributed by atoms with van der Waals surface area (Å²) in [6, 6.07) is 5.91. The van der Waals surface area contributed by atoms with Crippen molar-refractivity contribution >= 4 is 5.82 Å². The molecular weight excluding hydrogens is 236 g/mol. The summed E-state index contributed by atoms with van der Waals surface area (Å²) >= 11 is 0. The fourth-order valence-corrected chi connectivity index (χ4v) is 1.92. The predicted molar refractivity (Wildman–Crippen MR) is 78.0 cm³/mol. The van der Waals surface area contributed by atoms with Crippen molar-refractivity contribution in [1.29, 1.82) is 0 Å². The van der Waals surface area contributed by atoms with Gasteiger partial charge in [-0.15, -0.1) is 0 Å². The van der Waals surface area contributed by atoms with Crippen LogP contribution in [0.15, 0.2) is 30.6 Å². The summed E-state index contributed by atoms with van der Waals surface area (Å²) in [6.45, 7) is 7.31. The van der Waals surface area contributed by atoms with Crippen LogP contribution in [0, 0.1) is 5.92 Å². The van der Waals surface area contributed by atoms with Crippen molar-refractivity contribution < 1.29 is 0 Å². The third kappa shape index (κ3) is 3.74. The molecule has 0 aliphatic carbocycles. The normalized spacial score (nSPS) is 10.7. The summed E-state index contributed by atoms with van der Waals surface area (Å²) in [4.78, 5) is 13.2. The second-order valence-corrected chi connectivity index (χ2v) is 4.93. The van der Waals surface area contributed by atoms with Crippen LogP contribution in [0.4, 0.5) is 5.82 Å². The van der Waals surface area contributed by atoms with E-state index in [1.54, 1.807) is 12.4 Å². The van der Waals surface area contributed by atoms with Crippen molar-refractivity contribution in [1.82, 2.24) is 15.0 Å². The first kappa shape index (κ1) is 13.5. The molecule has 0 radical (unpaired) electrons. The van der Waals surface area contributed by atoms with Crippen molar-refractivity contribution in [3.05, 3.63) is 36.3 Å². The van der Waals surface area contributed by atoms with Crippen molar-refractivity contribution in [3.8, 4) is 11.4 Å². The summed E-state index contributed by atoms with van der Waals surface area (Å²) in [6.07, 6.45) is 4.49. The highest BCUT2D eigenvalue weighted by molar-refractivity contribution is 5.56. The SMILES string of the molecule is CCNc1cc(CC(C)C)nc(-c2ccncc2)n1. The van der Waals surface area contributed by atoms with E-state index >= 15 is 0 Å². The average Bonchev–Trinajstić information content (AvgIpc) is 2.39. The minimum absolute atomic E-state index is 0.578. The minimum Gasteiger partial charge on any atom is -0.370 e. The van der Waals surface area contributed by atoms with Crippen LogP contribution in [-0.4, -0.2) is 21.5 Å². The summed E-state index contributed by atoms with van der Waals surface area (Å²) in [7, 11) is 0. The average molecular weight is 256 g/mol. The Bertz CT molecular complexity index is 523. The zero-order chi connectivity index (χ0) is 13.7. The molecule has 2 rings (SSSR count). The van der Waals surface area contributed by atoms with E-state index in [1.807, 2.05) is 18.2 Å². The van der Waals surface area contributed by atoms with E-state index in [-0.39, 0.29) is 0 Å². The molecule has 0 atom stereocenters. The van der Waals surface area contributed by atoms with Crippen LogP contribution in [0.3, 0.4) is 0 Å². The Morgan fingerprint density at radius 1 is 1.16 bits per heavy atom. The first-order chi connectivity index (χ1) is 9.19. The lowest BCUT2D eigenvalue weighted by Crippen LogP contribution is -2.06. The Balaban J connectivity index is 2.39. The maximum absolute atomic E-state index is 4.65. The van der Waals surface area contributed by atoms with Gasteiger partial charge in [0.15, 0.2) is 5.82 Å². The molecule has 19 heavy (non-hydrogen) atoms. The van der Waals surface area contributed by atoms with Gasteiger partial charge in [-0.05, 0) is 31.4 Å². The molecule has 0 aromatic carbocycles. The first-order valence-electron chi connectivity index (χ1n) is 6.71. The van der Waals surface area contributed by atoms with Gasteiger partial charge >= 0.3 is 0 Å². The van der Waals surface area contributed by atoms with Gasteiger partial charge in [0.05, 0.1) is 0 Å². The zero-order valence-electron chi connectivity index (χ0n) is 11.7. The predicted octanol–water partition coefficient (Wildman–Crippen LogP) is 3.17. The number of anilines is 1. The molecular formula is C15H20N4. The van der Waals surface area contributed by atoms with Crippen molar-refractivity contribution in [2.45, 2.75) is 27.2 Å². The highest BCUT2D eigenvalue weighted by Gasteiger charge is 2.08. The molecule has 0 aliphatic rings. The number of aromatic nitrogens is 3. The van der Waals surface area contributed by atoms with Gasteiger partial charge in [-0.3, -0.25) is 4.98 Å². The van der Waals surface area contributed by atoms with Crippen LogP contribution < -0.4 is 5.32 Å². The zero-order valence-corrected chi connectivity index (χ0v) is 11.7. The lowest BCUT2D eigenvalue weighted by molar-refractivity contribution is 0.635. The van der Waals surface area contributed by atoms with Crippen molar-refractivity contribution in [3.63, 3.8) is 0 Å². The summed E-state index contributed by atoms with van der Waals surface area (Å²) in [5.41, 5.74) is 2.08. The van der Waals surface area contributed by atoms with E-state index in [4.69, 9.17) is 0 Å². The lowest BCUT2D eigenvalue weighted by atomic mass is 10.1. The standard InChI is InChI=1S/C15H20N4/c1-4-17-14-10-13(9-11(2)3)18-15(19-14)12-5-7-16-8-6-12/h5-8,10-11H,4,9H2,1-3H3,(H,17,18,19). The second kappa shape index (κ2) is 6.27. The quantitative estimate of drug-likeness (QED) is 0.892. The smallest absolute Gasteiger partial charge is 0.161 e. The summed E-state index contributed by atoms with van der Waals surface area (Å²) in [5.74, 6) is 2.23. The van der Waals surface area contributed by atoms with Gasteiger partial charge in [-0.1, -0.05) is 13.8 Å². The van der Waals surface area contributed by atoms with Crippen LogP contribution in [0.5, 0.6) is 0 Å². The number of pyridine rings is 1. The van der Waals surface area contributed by atoms with Gasteiger partial charge in [0.1, 0.15) is 5.82 Å². The number of nitrogens with one attached hydrogen (secondary N) is 1. The third-order valence-electron chi connectivity index (χ3n) is 2.69. The second-order valence-electron chi connectivity index (χ2n) is 4.93. The van der Waals surface area contributed by atoms with E-state index < -0.39 is 0 Å². The maximum Gasteiger partial charge on any atom is 0.161 e. The Hall–Kier alpha value is -1.97. The Morgan fingerprint density at radius 2 is 1.89 bits per heavy atom. The van der Waals surface area contributed by atoms with Crippen LogP contribution in [0.1, 0.15) is 26.5 Å². The molecule has 2 aromatic heterocycles. The van der Waals surface area contributed by atoms with Crippen LogP contribution in [0.2, 0.25) is 0 Å². The Kier molecular flexibility index (Phi) is 4.44. The molecule has 2 heterocycles. The lowest BCUT2D eigenvalue weighted by Gasteiger charge is -2.10. The first-order valence-corrected chi connectivity index (χ1v) is 6.71. The molecule has 0 amide bonds. The van der Waals surface area contributed by atoms with Crippen LogP contribution in [0.25, 0.3) is 11.4 Å². The van der Waals surface area contributed by atoms with E-state index in [0.29, 0.717) is 5.92 Å². The van der Waals surface area contributed by atoms with Crippen LogP contribution in [-0.2, 0) is 6.42 Å². The van der Waals surface area contributed by atoms with E-state index in [2.05, 4.69) is 41.0 Å². The molecule has 0 unspecified atom stereocenters. The van der Waals surface area contributed by atoms with Crippen molar-refractivity contribution in [2.75, 3.05) is 11.9 Å². The molecule has 0 saturated heterocycles. The van der Waals surface area contributed by atoms with Gasteiger partial charge in [0, 0.05) is 36.3 Å². The molecule has 4 nitrogen and oxygen atoms in total. The topological polar surface area (TPSA) is 50.7 Å². The minimum atomic E-state index is 0.578. The monoisotopic (exact) mass is 256 g/mol. The summed E-state index contributed by atoms with van der Waals surface area (Å²) in [5, 5.41) is 3.26. The molecule has 0 spiro atoms. The number of hydrogen-bond donors (Lipinski definition) is 1. The summed E-state index contributed by atoms with van der Waals surface area (Å²) < 4.78 is 0. The highest BCUT2D eigenvalue weighted by Crippen LogP contribution is 2.18. The maximum atomic E-state index is 4.65. The molecule has 4 heteroatoms. The molecule has 0 aliphatic heterocycles. The fourth-order valence-electron chi connectivity index (χ4n) is 1.92. The van der Waals surface area contributed by atoms with Crippen LogP contribution >= 0.6 is 0 Å². The van der Waals surface area contributed by atoms with Gasteiger partial charge < -0.3 is 5.32 Å². The third-order valence-corrected chi connectivity index (χ3v) is 2.69. The Labute approximate surface area is 114 Å². The Morgan fingerprint density at radius 3 is 2.53 bits per heavy atom. The fraction of sp³-hybridized carbons (Fsp3) is 0.400. The molecule has 0 fully saturated rings. The van der Waals surface area contributed by atoms with Gasteiger partial charge in [0.2, 0.25) is 0 Å². The van der Waals surface area contributed by atoms with Gasteiger partial charge in [-0.2, -0.15) is 0 Å². The van der Waals surface area contributed by atoms with E-state index in [9.17, 15) is 0 Å². The molecule has 2 aromatic rings. The van der Waals surface area contributed by atoms with E-state index in [1.165, 1.54) is 0 Å². The highest BCUT2D eigenvalue weighted by atomic mass is 15.0. The van der Waals surface area contributed by atoms with Crippen molar-refractivity contribution in [2.24, 2.45) is 5.92 Å². The molecule has 0 bridgehead atoms. The number of nitrogens with zero attached hydrogens (tertiary/aromatic N) is 3. The van der Waals surface area contributed by atoms with Gasteiger partial charge in [0.25, 0.3) is 0 Å². The molecule has 100 valence electrons. The van der Waals surface area contributed by atoms with E-state index in [0.717, 1.165) is 35.9 Å². The molecule has 1 N–H and O–H groups in total. The molecule has 0 saturated carbocycles.